The number of nitro benzene ring substituents is 1. The van der Waals surface area contributed by atoms with Crippen LogP contribution in [0.2, 0.25) is 0 Å². The van der Waals surface area contributed by atoms with Crippen molar-refractivity contribution < 1.29 is 24.0 Å². The van der Waals surface area contributed by atoms with Crippen molar-refractivity contribution in [3.63, 3.8) is 0 Å². The zero-order valence-electron chi connectivity index (χ0n) is 15.5. The van der Waals surface area contributed by atoms with Crippen molar-refractivity contribution in [3.05, 3.63) is 50.4 Å². The molecule has 2 rings (SSSR count). The van der Waals surface area contributed by atoms with Gasteiger partial charge < -0.3 is 15.4 Å². The molecule has 148 valence electrons. The number of hydrogen-bond acceptors (Lipinski definition) is 8. The minimum Gasteiger partial charge on any atom is -0.462 e. The highest BCUT2D eigenvalue weighted by Gasteiger charge is 2.24. The number of anilines is 2. The fourth-order valence-electron chi connectivity index (χ4n) is 2.52. The number of carbonyl (C=O) groups excluding carboxylic acids is 3. The number of ketones is 1. The highest BCUT2D eigenvalue weighted by molar-refractivity contribution is 7.18. The van der Waals surface area contributed by atoms with Crippen molar-refractivity contribution in [3.8, 4) is 0 Å². The summed E-state index contributed by atoms with van der Waals surface area (Å²) in [6, 6.07) is 5.76. The van der Waals surface area contributed by atoms with Crippen LogP contribution in [0.5, 0.6) is 0 Å². The number of carbonyl (C=O) groups is 3. The maximum absolute atomic E-state index is 12.2. The van der Waals surface area contributed by atoms with Gasteiger partial charge in [0.2, 0.25) is 5.91 Å². The van der Waals surface area contributed by atoms with Gasteiger partial charge in [-0.05, 0) is 32.4 Å². The summed E-state index contributed by atoms with van der Waals surface area (Å²) in [6.45, 7) is 4.60. The zero-order chi connectivity index (χ0) is 20.8. The number of benzene rings is 1. The van der Waals surface area contributed by atoms with Crippen molar-refractivity contribution in [1.82, 2.24) is 0 Å². The first-order valence-corrected chi connectivity index (χ1v) is 9.16. The van der Waals surface area contributed by atoms with Gasteiger partial charge in [0.05, 0.1) is 28.5 Å². The van der Waals surface area contributed by atoms with Gasteiger partial charge in [-0.1, -0.05) is 12.1 Å². The van der Waals surface area contributed by atoms with Crippen LogP contribution < -0.4 is 10.6 Å². The van der Waals surface area contributed by atoms with Gasteiger partial charge in [0.1, 0.15) is 10.7 Å². The molecule has 0 saturated carbocycles. The van der Waals surface area contributed by atoms with Crippen LogP contribution in [0.3, 0.4) is 0 Å². The number of nitro groups is 1. The quantitative estimate of drug-likeness (QED) is 0.298. The Morgan fingerprint density at radius 1 is 1.25 bits per heavy atom. The first-order valence-electron chi connectivity index (χ1n) is 8.34. The molecule has 0 aliphatic rings. The smallest absolute Gasteiger partial charge is 0.341 e. The molecule has 0 atom stereocenters. The van der Waals surface area contributed by atoms with E-state index < -0.39 is 16.8 Å². The zero-order valence-corrected chi connectivity index (χ0v) is 16.3. The number of Topliss-reactive ketones (excluding diaryl/α,β-unsaturated/α-hetero) is 1. The Hall–Kier alpha value is -3.27. The summed E-state index contributed by atoms with van der Waals surface area (Å²) < 4.78 is 5.03. The van der Waals surface area contributed by atoms with Gasteiger partial charge in [0.25, 0.3) is 5.69 Å². The van der Waals surface area contributed by atoms with Crippen LogP contribution in [0.4, 0.5) is 16.4 Å². The Bertz CT molecular complexity index is 937. The van der Waals surface area contributed by atoms with Gasteiger partial charge in [-0.25, -0.2) is 4.79 Å². The maximum Gasteiger partial charge on any atom is 0.341 e. The normalized spacial score (nSPS) is 10.2. The fourth-order valence-corrected chi connectivity index (χ4v) is 3.60. The molecule has 1 aromatic heterocycles. The number of hydrogen-bond donors (Lipinski definition) is 2. The summed E-state index contributed by atoms with van der Waals surface area (Å²) in [5, 5.41) is 16.6. The van der Waals surface area contributed by atoms with E-state index in [4.69, 9.17) is 4.74 Å². The third-order valence-corrected chi connectivity index (χ3v) is 5.08. The third-order valence-electron chi connectivity index (χ3n) is 3.73. The molecule has 0 aliphatic carbocycles. The topological polar surface area (TPSA) is 128 Å². The molecule has 1 amide bonds. The summed E-state index contributed by atoms with van der Waals surface area (Å²) in [5.74, 6) is -1.34. The van der Waals surface area contributed by atoms with E-state index in [9.17, 15) is 24.5 Å². The predicted octanol–water partition coefficient (Wildman–Crippen LogP) is 3.39. The lowest BCUT2D eigenvalue weighted by molar-refractivity contribution is -0.383. The molecule has 0 spiro atoms. The Balaban J connectivity index is 2.19. The molecule has 1 heterocycles. The average Bonchev–Trinajstić information content (AvgIpc) is 2.97. The predicted molar refractivity (Wildman–Crippen MR) is 105 cm³/mol. The molecular weight excluding hydrogens is 386 g/mol. The van der Waals surface area contributed by atoms with Crippen molar-refractivity contribution in [2.24, 2.45) is 0 Å². The lowest BCUT2D eigenvalue weighted by atomic mass is 10.1. The first kappa shape index (κ1) is 21.0. The van der Waals surface area contributed by atoms with Gasteiger partial charge in [-0.15, -0.1) is 11.3 Å². The van der Waals surface area contributed by atoms with E-state index >= 15 is 0 Å². The summed E-state index contributed by atoms with van der Waals surface area (Å²) in [5.41, 5.74) is 0.527. The molecule has 0 aliphatic heterocycles. The van der Waals surface area contributed by atoms with E-state index in [0.717, 1.165) is 11.3 Å². The van der Waals surface area contributed by atoms with Crippen molar-refractivity contribution >= 4 is 45.4 Å². The minimum absolute atomic E-state index is 0.0664. The van der Waals surface area contributed by atoms with Crippen LogP contribution >= 0.6 is 11.3 Å². The SMILES string of the molecule is CCOC(=O)c1c(NCC(=O)Nc2ccccc2[N+](=O)[O-])sc(C(C)=O)c1C. The number of ether oxygens (including phenoxy) is 1. The van der Waals surface area contributed by atoms with E-state index in [2.05, 4.69) is 10.6 Å². The third kappa shape index (κ3) is 4.71. The lowest BCUT2D eigenvalue weighted by Crippen LogP contribution is -2.22. The molecule has 1 aromatic carbocycles. The highest BCUT2D eigenvalue weighted by Crippen LogP contribution is 2.34. The fraction of sp³-hybridized carbons (Fsp3) is 0.278. The van der Waals surface area contributed by atoms with E-state index in [0.29, 0.717) is 15.4 Å². The van der Waals surface area contributed by atoms with Gasteiger partial charge >= 0.3 is 5.97 Å². The Morgan fingerprint density at radius 2 is 1.93 bits per heavy atom. The molecule has 0 saturated heterocycles. The van der Waals surface area contributed by atoms with Crippen molar-refractivity contribution in [2.45, 2.75) is 20.8 Å². The molecule has 0 fully saturated rings. The second kappa shape index (κ2) is 9.09. The maximum atomic E-state index is 12.2. The number of para-hydroxylation sites is 2. The van der Waals surface area contributed by atoms with Crippen LogP contribution in [0.25, 0.3) is 0 Å². The van der Waals surface area contributed by atoms with E-state index in [-0.39, 0.29) is 35.9 Å². The van der Waals surface area contributed by atoms with Gasteiger partial charge in [0, 0.05) is 6.07 Å². The first-order chi connectivity index (χ1) is 13.3. The second-order valence-corrected chi connectivity index (χ2v) is 6.73. The highest BCUT2D eigenvalue weighted by atomic mass is 32.1. The standard InChI is InChI=1S/C18H19N3O6S/c1-4-27-18(24)15-10(2)16(11(3)22)28-17(15)19-9-14(23)20-12-7-5-6-8-13(12)21(25)26/h5-8,19H,4,9H2,1-3H3,(H,20,23). The number of nitrogens with one attached hydrogen (secondary N) is 2. The van der Waals surface area contributed by atoms with Gasteiger partial charge in [0.15, 0.2) is 5.78 Å². The van der Waals surface area contributed by atoms with Crippen LogP contribution in [-0.4, -0.2) is 35.7 Å². The number of nitrogens with zero attached hydrogens (tertiary/aromatic N) is 1. The summed E-state index contributed by atoms with van der Waals surface area (Å²) in [6.07, 6.45) is 0. The molecule has 28 heavy (non-hydrogen) atoms. The largest absolute Gasteiger partial charge is 0.462 e. The van der Waals surface area contributed by atoms with E-state index in [1.54, 1.807) is 19.9 Å². The minimum atomic E-state index is -0.594. The Morgan fingerprint density at radius 3 is 2.54 bits per heavy atom. The van der Waals surface area contributed by atoms with Gasteiger partial charge in [-0.2, -0.15) is 0 Å². The van der Waals surface area contributed by atoms with Crippen LogP contribution in [0.1, 0.15) is 39.4 Å². The van der Waals surface area contributed by atoms with Crippen LogP contribution in [0, 0.1) is 17.0 Å². The van der Waals surface area contributed by atoms with Crippen LogP contribution in [-0.2, 0) is 9.53 Å². The summed E-state index contributed by atoms with van der Waals surface area (Å²) in [4.78, 5) is 47.1. The number of rotatable bonds is 8. The molecular formula is C18H19N3O6S. The van der Waals surface area contributed by atoms with E-state index in [1.807, 2.05) is 0 Å². The van der Waals surface area contributed by atoms with Crippen LogP contribution in [0.15, 0.2) is 24.3 Å². The summed E-state index contributed by atoms with van der Waals surface area (Å²) in [7, 11) is 0. The molecule has 10 heteroatoms. The lowest BCUT2D eigenvalue weighted by Gasteiger charge is -2.09. The number of amides is 1. The average molecular weight is 405 g/mol. The second-order valence-electron chi connectivity index (χ2n) is 5.71. The molecule has 0 bridgehead atoms. The molecule has 0 radical (unpaired) electrons. The van der Waals surface area contributed by atoms with Crippen molar-refractivity contribution in [2.75, 3.05) is 23.8 Å². The van der Waals surface area contributed by atoms with Crippen molar-refractivity contribution in [1.29, 1.82) is 0 Å². The monoisotopic (exact) mass is 405 g/mol. The number of esters is 1. The summed E-state index contributed by atoms with van der Waals surface area (Å²) >= 11 is 1.06. The Labute approximate surface area is 164 Å². The molecule has 2 aromatic rings. The molecule has 0 unspecified atom stereocenters. The van der Waals surface area contributed by atoms with E-state index in [1.165, 1.54) is 25.1 Å². The number of thiophene rings is 1. The Kier molecular flexibility index (Phi) is 6.83. The molecule has 2 N–H and O–H groups in total. The van der Waals surface area contributed by atoms with Gasteiger partial charge in [-0.3, -0.25) is 19.7 Å². The molecule has 9 nitrogen and oxygen atoms in total.